The van der Waals surface area contributed by atoms with E-state index in [1.165, 1.54) is 47.8 Å². The number of hydrogen-bond acceptors (Lipinski definition) is 12. The van der Waals surface area contributed by atoms with Gasteiger partial charge in [0, 0.05) is 21.7 Å². The molecule has 8 nitrogen and oxygen atoms in total. The Balaban J connectivity index is 0. The minimum absolute atomic E-state index is 0.418. The highest BCUT2D eigenvalue weighted by molar-refractivity contribution is 8.16. The Morgan fingerprint density at radius 2 is 0.917 bits per heavy atom. The van der Waals surface area contributed by atoms with E-state index in [4.69, 9.17) is 0 Å². The lowest BCUT2D eigenvalue weighted by molar-refractivity contribution is 0.562. The van der Waals surface area contributed by atoms with E-state index in [2.05, 4.69) is 20.0 Å². The Morgan fingerprint density at radius 1 is 0.542 bits per heavy atom. The summed E-state index contributed by atoms with van der Waals surface area (Å²) in [6, 6.07) is 0. The Kier molecular flexibility index (Phi) is 28.1. The summed E-state index contributed by atoms with van der Waals surface area (Å²) < 4.78 is 0. The quantitative estimate of drug-likeness (QED) is 0.185. The number of nitrogens with zero attached hydrogens (tertiary/aromatic N) is 4. The van der Waals surface area contributed by atoms with Gasteiger partial charge in [-0.05, 0) is 0 Å². The van der Waals surface area contributed by atoms with Crippen LogP contribution in [0.5, 0.6) is 0 Å². The average Bonchev–Trinajstić information content (AvgIpc) is 2.60. The molecular weight excluding hydrogens is 392 g/mol. The van der Waals surface area contributed by atoms with Crippen LogP contribution in [0.15, 0.2) is 20.0 Å². The van der Waals surface area contributed by atoms with Gasteiger partial charge in [-0.15, -0.1) is 47.0 Å². The summed E-state index contributed by atoms with van der Waals surface area (Å²) in [5.74, 6) is 2.50. The lowest BCUT2D eigenvalue weighted by atomic mass is 10.8. The summed E-state index contributed by atoms with van der Waals surface area (Å²) in [5.41, 5.74) is 0. The first-order chi connectivity index (χ1) is 11.8. The lowest BCUT2D eigenvalue weighted by Gasteiger charge is -1.96. The molecule has 0 N–H and O–H groups in total. The minimum atomic E-state index is 0.418. The molecule has 0 atom stereocenters. The monoisotopic (exact) mass is 408 g/mol. The van der Waals surface area contributed by atoms with Crippen LogP contribution in [0.2, 0.25) is 0 Å². The Labute approximate surface area is 156 Å². The van der Waals surface area contributed by atoms with E-state index in [9.17, 15) is 19.2 Å². The SMILES string of the molecule is O=C=NCCSCSCCN=C=O.O=C=NCSCSCN=C=O. The third-order valence-electron chi connectivity index (χ3n) is 1.60. The van der Waals surface area contributed by atoms with Gasteiger partial charge in [-0.1, -0.05) is 0 Å². The Hall–Kier alpha value is -1.08. The van der Waals surface area contributed by atoms with E-state index in [-0.39, 0.29) is 0 Å². The second kappa shape index (κ2) is 26.8. The molecule has 0 aliphatic heterocycles. The van der Waals surface area contributed by atoms with Crippen molar-refractivity contribution in [2.24, 2.45) is 20.0 Å². The lowest BCUT2D eigenvalue weighted by Crippen LogP contribution is -1.88. The summed E-state index contributed by atoms with van der Waals surface area (Å²) in [5, 5.41) is 1.69. The van der Waals surface area contributed by atoms with Crippen molar-refractivity contribution in [1.82, 2.24) is 0 Å². The largest absolute Gasteiger partial charge is 0.235 e. The van der Waals surface area contributed by atoms with Gasteiger partial charge in [0.25, 0.3) is 0 Å². The summed E-state index contributed by atoms with van der Waals surface area (Å²) in [6.07, 6.45) is 5.82. The van der Waals surface area contributed by atoms with Gasteiger partial charge in [0.15, 0.2) is 0 Å². The molecule has 0 radical (unpaired) electrons. The van der Waals surface area contributed by atoms with E-state index >= 15 is 0 Å². The number of rotatable bonds is 14. The van der Waals surface area contributed by atoms with Crippen LogP contribution >= 0.6 is 47.0 Å². The van der Waals surface area contributed by atoms with Gasteiger partial charge in [0.2, 0.25) is 24.3 Å². The zero-order valence-corrected chi connectivity index (χ0v) is 16.0. The fraction of sp³-hybridized carbons (Fsp3) is 0.667. The predicted molar refractivity (Wildman–Crippen MR) is 102 cm³/mol. The molecule has 0 aliphatic carbocycles. The molecule has 12 heteroatoms. The molecule has 0 aromatic heterocycles. The molecule has 132 valence electrons. The summed E-state index contributed by atoms with van der Waals surface area (Å²) in [4.78, 5) is 51.9. The highest BCUT2D eigenvalue weighted by Crippen LogP contribution is 2.11. The highest BCUT2D eigenvalue weighted by atomic mass is 32.2. The molecule has 0 heterocycles. The van der Waals surface area contributed by atoms with Crippen molar-refractivity contribution < 1.29 is 19.2 Å². The third-order valence-corrected chi connectivity index (χ3v) is 5.83. The predicted octanol–water partition coefficient (Wildman–Crippen LogP) is 2.08. The molecule has 0 amide bonds. The van der Waals surface area contributed by atoms with Crippen molar-refractivity contribution in [3.8, 4) is 0 Å². The van der Waals surface area contributed by atoms with Crippen LogP contribution in [0.3, 0.4) is 0 Å². The second-order valence-corrected chi connectivity index (χ2v) is 8.01. The van der Waals surface area contributed by atoms with Crippen LogP contribution in [-0.4, -0.2) is 70.8 Å². The van der Waals surface area contributed by atoms with Crippen molar-refractivity contribution in [3.05, 3.63) is 0 Å². The van der Waals surface area contributed by atoms with Gasteiger partial charge in [0.05, 0.1) is 24.8 Å². The van der Waals surface area contributed by atoms with Crippen molar-refractivity contribution in [1.29, 1.82) is 0 Å². The summed E-state index contributed by atoms with van der Waals surface area (Å²) in [6.45, 7) is 1.06. The molecule has 0 unspecified atom stereocenters. The molecule has 0 bridgehead atoms. The van der Waals surface area contributed by atoms with E-state index in [0.29, 0.717) is 24.8 Å². The standard InChI is InChI=1S/C7H10N2O2S2.C5H6N2O2S2/c10-5-8-1-3-12-7-13-4-2-9-6-11;8-1-6-3-10-5-11-4-7-2-9/h1-4,7H2;3-5H2. The maximum atomic E-state index is 9.66. The van der Waals surface area contributed by atoms with Crippen molar-refractivity contribution in [2.75, 3.05) is 46.5 Å². The number of carbonyl (C=O) groups excluding carboxylic acids is 4. The van der Waals surface area contributed by atoms with E-state index in [1.807, 2.05) is 0 Å². The van der Waals surface area contributed by atoms with Crippen LogP contribution in [0.4, 0.5) is 0 Å². The first kappa shape index (κ1) is 25.2. The molecule has 0 aromatic carbocycles. The smallest absolute Gasteiger partial charge is 0.211 e. The summed E-state index contributed by atoms with van der Waals surface area (Å²) >= 11 is 6.35. The normalized spacial score (nSPS) is 8.33. The van der Waals surface area contributed by atoms with Crippen LogP contribution in [0.1, 0.15) is 0 Å². The maximum Gasteiger partial charge on any atom is 0.235 e. The first-order valence-electron chi connectivity index (χ1n) is 6.29. The van der Waals surface area contributed by atoms with Gasteiger partial charge in [-0.2, -0.15) is 9.98 Å². The fourth-order valence-electron chi connectivity index (χ4n) is 0.766. The molecule has 0 aliphatic rings. The van der Waals surface area contributed by atoms with Crippen molar-refractivity contribution in [3.63, 3.8) is 0 Å². The minimum Gasteiger partial charge on any atom is -0.211 e. The van der Waals surface area contributed by atoms with Crippen LogP contribution < -0.4 is 0 Å². The molecule has 0 aromatic rings. The van der Waals surface area contributed by atoms with Crippen LogP contribution in [0, 0.1) is 0 Å². The number of aliphatic imine (C=N–C) groups is 4. The number of hydrogen-bond donors (Lipinski definition) is 0. The van der Waals surface area contributed by atoms with Crippen molar-refractivity contribution >= 4 is 71.4 Å². The van der Waals surface area contributed by atoms with Gasteiger partial charge in [-0.3, -0.25) is 0 Å². The zero-order valence-electron chi connectivity index (χ0n) is 12.7. The molecular formula is C12H16N4O4S4. The molecule has 24 heavy (non-hydrogen) atoms. The average molecular weight is 409 g/mol. The third kappa shape index (κ3) is 29.0. The zero-order chi connectivity index (χ0) is 18.1. The maximum absolute atomic E-state index is 9.66. The molecule has 0 spiro atoms. The van der Waals surface area contributed by atoms with Gasteiger partial charge < -0.3 is 0 Å². The highest BCUT2D eigenvalue weighted by Gasteiger charge is 1.89. The van der Waals surface area contributed by atoms with Crippen molar-refractivity contribution in [2.45, 2.75) is 0 Å². The van der Waals surface area contributed by atoms with E-state index in [0.717, 1.165) is 21.7 Å². The Morgan fingerprint density at radius 3 is 1.29 bits per heavy atom. The van der Waals surface area contributed by atoms with Gasteiger partial charge in [0.1, 0.15) is 0 Å². The number of isocyanates is 4. The molecule has 0 rings (SSSR count). The number of thioether (sulfide) groups is 4. The van der Waals surface area contributed by atoms with Crippen LogP contribution in [0.25, 0.3) is 0 Å². The van der Waals surface area contributed by atoms with Gasteiger partial charge in [-0.25, -0.2) is 29.2 Å². The van der Waals surface area contributed by atoms with Crippen LogP contribution in [-0.2, 0) is 19.2 Å². The molecule has 0 saturated carbocycles. The first-order valence-corrected chi connectivity index (χ1v) is 10.9. The fourth-order valence-corrected chi connectivity index (χ4v) is 3.98. The second-order valence-electron chi connectivity index (χ2n) is 3.16. The van der Waals surface area contributed by atoms with Gasteiger partial charge >= 0.3 is 0 Å². The Bertz CT molecular complexity index is 441. The molecule has 0 saturated heterocycles. The van der Waals surface area contributed by atoms with E-state index < -0.39 is 0 Å². The summed E-state index contributed by atoms with van der Waals surface area (Å²) in [7, 11) is 0. The molecule has 0 fully saturated rings. The topological polar surface area (TPSA) is 118 Å². The van der Waals surface area contributed by atoms with E-state index in [1.54, 1.807) is 23.5 Å².